The third-order valence-corrected chi connectivity index (χ3v) is 5.31. The van der Waals surface area contributed by atoms with Crippen molar-refractivity contribution in [1.29, 1.82) is 0 Å². The smallest absolute Gasteiger partial charge is 0.333 e. The number of halogens is 1. The fraction of sp³-hybridized carbons (Fsp3) is 0.786. The molecule has 0 aromatic carbocycles. The minimum absolute atomic E-state index is 0. The lowest BCUT2D eigenvalue weighted by atomic mass is 9.70. The SMILES string of the molecule is C=C(C)C(=O)OC1C[C@H]2CC[C@@]1(C)C2(C)C.F. The van der Waals surface area contributed by atoms with E-state index in [0.717, 1.165) is 6.42 Å². The highest BCUT2D eigenvalue weighted by Crippen LogP contribution is 2.66. The molecule has 1 unspecified atom stereocenters. The van der Waals surface area contributed by atoms with Gasteiger partial charge in [-0.1, -0.05) is 27.4 Å². The molecule has 17 heavy (non-hydrogen) atoms. The molecule has 0 spiro atoms. The summed E-state index contributed by atoms with van der Waals surface area (Å²) in [6, 6.07) is 0. The van der Waals surface area contributed by atoms with Gasteiger partial charge in [0.05, 0.1) is 0 Å². The Kier molecular flexibility index (Phi) is 3.43. The first kappa shape index (κ1) is 14.2. The summed E-state index contributed by atoms with van der Waals surface area (Å²) in [4.78, 5) is 11.6. The summed E-state index contributed by atoms with van der Waals surface area (Å²) < 4.78 is 5.61. The van der Waals surface area contributed by atoms with E-state index in [1.807, 2.05) is 0 Å². The van der Waals surface area contributed by atoms with Crippen LogP contribution in [0.15, 0.2) is 12.2 Å². The van der Waals surface area contributed by atoms with Gasteiger partial charge in [0, 0.05) is 11.0 Å². The highest BCUT2D eigenvalue weighted by molar-refractivity contribution is 5.87. The van der Waals surface area contributed by atoms with Crippen LogP contribution in [0.3, 0.4) is 0 Å². The van der Waals surface area contributed by atoms with Crippen molar-refractivity contribution in [3.63, 3.8) is 0 Å². The first-order valence-corrected chi connectivity index (χ1v) is 6.15. The van der Waals surface area contributed by atoms with Gasteiger partial charge in [-0.3, -0.25) is 4.70 Å². The van der Waals surface area contributed by atoms with Crippen LogP contribution in [0, 0.1) is 16.7 Å². The van der Waals surface area contributed by atoms with E-state index >= 15 is 0 Å². The lowest BCUT2D eigenvalue weighted by Gasteiger charge is -2.38. The number of fused-ring (bicyclic) bond motifs is 2. The van der Waals surface area contributed by atoms with Crippen LogP contribution in [0.5, 0.6) is 0 Å². The maximum atomic E-state index is 11.6. The van der Waals surface area contributed by atoms with E-state index in [0.29, 0.717) is 16.9 Å². The molecule has 2 aliphatic rings. The number of carbonyl (C=O) groups excluding carboxylic acids is 1. The van der Waals surface area contributed by atoms with Crippen molar-refractivity contribution in [2.75, 3.05) is 0 Å². The predicted octanol–water partition coefficient (Wildman–Crippen LogP) is 3.47. The lowest BCUT2D eigenvalue weighted by molar-refractivity contribution is -0.151. The zero-order valence-corrected chi connectivity index (χ0v) is 11.2. The molecule has 2 saturated carbocycles. The first-order valence-electron chi connectivity index (χ1n) is 6.15. The van der Waals surface area contributed by atoms with Crippen LogP contribution in [0.2, 0.25) is 0 Å². The molecule has 0 N–H and O–H groups in total. The summed E-state index contributed by atoms with van der Waals surface area (Å²) in [5.41, 5.74) is 0.958. The fourth-order valence-electron chi connectivity index (χ4n) is 3.54. The number of hydrogen-bond donors (Lipinski definition) is 0. The Morgan fingerprint density at radius 1 is 1.35 bits per heavy atom. The molecule has 0 amide bonds. The highest BCUT2D eigenvalue weighted by Gasteiger charge is 2.62. The maximum Gasteiger partial charge on any atom is 0.333 e. The van der Waals surface area contributed by atoms with Gasteiger partial charge >= 0.3 is 5.97 Å². The van der Waals surface area contributed by atoms with Gasteiger partial charge < -0.3 is 4.74 Å². The summed E-state index contributed by atoms with van der Waals surface area (Å²) in [5.74, 6) is 0.481. The molecular formula is C14H23FO2. The van der Waals surface area contributed by atoms with Crippen molar-refractivity contribution in [3.8, 4) is 0 Å². The maximum absolute atomic E-state index is 11.6. The normalized spacial score (nSPS) is 37.4. The Hall–Kier alpha value is -0.860. The van der Waals surface area contributed by atoms with Crippen LogP contribution < -0.4 is 0 Å². The van der Waals surface area contributed by atoms with Crippen LogP contribution in [0.4, 0.5) is 4.70 Å². The van der Waals surface area contributed by atoms with E-state index in [4.69, 9.17) is 4.74 Å². The van der Waals surface area contributed by atoms with Crippen molar-refractivity contribution in [1.82, 2.24) is 0 Å². The van der Waals surface area contributed by atoms with Crippen LogP contribution in [0.25, 0.3) is 0 Å². The molecule has 2 fully saturated rings. The Labute approximate surface area is 103 Å². The van der Waals surface area contributed by atoms with Gasteiger partial charge in [-0.05, 0) is 37.5 Å². The van der Waals surface area contributed by atoms with Gasteiger partial charge in [0.15, 0.2) is 0 Å². The van der Waals surface area contributed by atoms with Gasteiger partial charge in [0.25, 0.3) is 0 Å². The Morgan fingerprint density at radius 2 is 1.94 bits per heavy atom. The quantitative estimate of drug-likeness (QED) is 0.547. The van der Waals surface area contributed by atoms with Gasteiger partial charge in [-0.2, -0.15) is 0 Å². The van der Waals surface area contributed by atoms with Crippen molar-refractivity contribution < 1.29 is 14.2 Å². The molecule has 0 heterocycles. The fourth-order valence-corrected chi connectivity index (χ4v) is 3.54. The van der Waals surface area contributed by atoms with E-state index in [1.165, 1.54) is 12.8 Å². The van der Waals surface area contributed by atoms with Gasteiger partial charge in [0.2, 0.25) is 0 Å². The summed E-state index contributed by atoms with van der Waals surface area (Å²) >= 11 is 0. The summed E-state index contributed by atoms with van der Waals surface area (Å²) in [7, 11) is 0. The second-order valence-electron chi connectivity index (χ2n) is 6.28. The largest absolute Gasteiger partial charge is 0.458 e. The molecule has 3 atom stereocenters. The number of carbonyl (C=O) groups is 1. The first-order chi connectivity index (χ1) is 7.29. The zero-order valence-electron chi connectivity index (χ0n) is 11.2. The van der Waals surface area contributed by atoms with Crippen molar-refractivity contribution in [3.05, 3.63) is 12.2 Å². The van der Waals surface area contributed by atoms with Gasteiger partial charge in [0.1, 0.15) is 6.10 Å². The van der Waals surface area contributed by atoms with E-state index < -0.39 is 0 Å². The zero-order chi connectivity index (χ0) is 12.1. The molecule has 0 aliphatic heterocycles. The molecule has 0 aromatic heterocycles. The number of hydrogen-bond acceptors (Lipinski definition) is 2. The number of esters is 1. The summed E-state index contributed by atoms with van der Waals surface area (Å²) in [6.45, 7) is 12.3. The molecule has 2 nitrogen and oxygen atoms in total. The van der Waals surface area contributed by atoms with Gasteiger partial charge in [-0.25, -0.2) is 4.79 Å². The molecule has 2 bridgehead atoms. The predicted molar refractivity (Wildman–Crippen MR) is 66.4 cm³/mol. The Morgan fingerprint density at radius 3 is 2.29 bits per heavy atom. The van der Waals surface area contributed by atoms with Crippen molar-refractivity contribution in [2.45, 2.75) is 53.1 Å². The summed E-state index contributed by atoms with van der Waals surface area (Å²) in [6.07, 6.45) is 3.58. The van der Waals surface area contributed by atoms with Gasteiger partial charge in [-0.15, -0.1) is 0 Å². The highest BCUT2D eigenvalue weighted by atomic mass is 19.0. The molecular weight excluding hydrogens is 219 g/mol. The van der Waals surface area contributed by atoms with Crippen LogP contribution >= 0.6 is 0 Å². The Bertz CT molecular complexity index is 348. The van der Waals surface area contributed by atoms with Crippen molar-refractivity contribution >= 4 is 5.97 Å². The summed E-state index contributed by atoms with van der Waals surface area (Å²) in [5, 5.41) is 0. The van der Waals surface area contributed by atoms with Crippen LogP contribution in [-0.2, 0) is 9.53 Å². The van der Waals surface area contributed by atoms with E-state index in [-0.39, 0.29) is 22.2 Å². The van der Waals surface area contributed by atoms with E-state index in [2.05, 4.69) is 27.4 Å². The second-order valence-corrected chi connectivity index (χ2v) is 6.28. The topological polar surface area (TPSA) is 26.3 Å². The Balaban J connectivity index is 0.00000144. The third kappa shape index (κ3) is 1.80. The third-order valence-electron chi connectivity index (χ3n) is 5.31. The molecule has 0 aromatic rings. The monoisotopic (exact) mass is 242 g/mol. The molecule has 98 valence electrons. The molecule has 2 aliphatic carbocycles. The van der Waals surface area contributed by atoms with Crippen molar-refractivity contribution in [2.24, 2.45) is 16.7 Å². The molecule has 0 radical (unpaired) electrons. The molecule has 0 saturated heterocycles. The number of rotatable bonds is 2. The number of ether oxygens (including phenoxy) is 1. The van der Waals surface area contributed by atoms with Crippen LogP contribution in [0.1, 0.15) is 47.0 Å². The standard InChI is InChI=1S/C14H22O2.FH/c1-9(2)12(15)16-11-8-10-6-7-14(11,5)13(10,3)4;/h10-11H,1,6-8H2,2-5H3;1H/t10-,11?,14-;/m1./s1. The molecule has 3 heteroatoms. The molecule has 2 rings (SSSR count). The second kappa shape index (κ2) is 4.11. The minimum Gasteiger partial charge on any atom is -0.458 e. The lowest BCUT2D eigenvalue weighted by Crippen LogP contribution is -2.38. The van der Waals surface area contributed by atoms with E-state index in [9.17, 15) is 4.79 Å². The van der Waals surface area contributed by atoms with E-state index in [1.54, 1.807) is 6.92 Å². The average Bonchev–Trinajstić information content (AvgIpc) is 2.50. The minimum atomic E-state index is -0.227. The average molecular weight is 242 g/mol. The van der Waals surface area contributed by atoms with Crippen LogP contribution in [-0.4, -0.2) is 12.1 Å².